The number of hydrogen-bond acceptors (Lipinski definition) is 1. The van der Waals surface area contributed by atoms with Gasteiger partial charge < -0.3 is 0 Å². The molecule has 0 spiro atoms. The maximum atomic E-state index is 3.79. The van der Waals surface area contributed by atoms with Crippen molar-refractivity contribution < 1.29 is 0 Å². The van der Waals surface area contributed by atoms with Gasteiger partial charge in [0.05, 0.1) is 0 Å². The molecule has 0 aromatic carbocycles. The standard InChI is InChI=1S/C12H18BrS.3CH3.Sn/c1-3-5-6-10(4-2)9-11-7-8-14-12(11)13;;;;/h7,10H,3-6,9H2,1-2H3;3*1H3;. The zero-order valence-electron chi connectivity index (χ0n) is 12.5. The molecule has 0 nitrogen and oxygen atoms in total. The van der Waals surface area contributed by atoms with Crippen LogP contribution in [0.25, 0.3) is 0 Å². The summed E-state index contributed by atoms with van der Waals surface area (Å²) in [5.41, 5.74) is 1.57. The average molecular weight is 438 g/mol. The second-order valence-corrected chi connectivity index (χ2v) is 24.1. The SMILES string of the molecule is CCCCC(CC)Cc1c[c]([Sn]([CH3])([CH3])[CH3])sc1Br. The third-order valence-electron chi connectivity index (χ3n) is 3.55. The third kappa shape index (κ3) is 5.16. The molecular formula is C15H27BrSSn. The summed E-state index contributed by atoms with van der Waals surface area (Å²) in [5, 5.41) is 0. The van der Waals surface area contributed by atoms with E-state index in [1.54, 1.807) is 8.46 Å². The molecule has 0 saturated heterocycles. The fraction of sp³-hybridized carbons (Fsp3) is 0.733. The van der Waals surface area contributed by atoms with Crippen LogP contribution in [0.15, 0.2) is 9.85 Å². The summed E-state index contributed by atoms with van der Waals surface area (Å²) < 4.78 is 3.11. The molecule has 0 fully saturated rings. The van der Waals surface area contributed by atoms with Crippen LogP contribution in [0.4, 0.5) is 0 Å². The van der Waals surface area contributed by atoms with E-state index < -0.39 is 18.4 Å². The Morgan fingerprint density at radius 1 is 1.28 bits per heavy atom. The van der Waals surface area contributed by atoms with Crippen molar-refractivity contribution in [2.24, 2.45) is 5.92 Å². The molecule has 0 amide bonds. The van der Waals surface area contributed by atoms with Gasteiger partial charge in [0.1, 0.15) is 0 Å². The van der Waals surface area contributed by atoms with Gasteiger partial charge in [-0.15, -0.1) is 0 Å². The first-order valence-corrected chi connectivity index (χ1v) is 18.8. The third-order valence-corrected chi connectivity index (χ3v) is 14.9. The van der Waals surface area contributed by atoms with Gasteiger partial charge >= 0.3 is 131 Å². The molecule has 1 heterocycles. The van der Waals surface area contributed by atoms with E-state index in [-0.39, 0.29) is 0 Å². The summed E-state index contributed by atoms with van der Waals surface area (Å²) >= 11 is 3.93. The molecule has 104 valence electrons. The van der Waals surface area contributed by atoms with Gasteiger partial charge in [0.15, 0.2) is 0 Å². The molecule has 3 heteroatoms. The Labute approximate surface area is 130 Å². The van der Waals surface area contributed by atoms with Crippen molar-refractivity contribution in [1.82, 2.24) is 0 Å². The van der Waals surface area contributed by atoms with Crippen molar-refractivity contribution in [3.05, 3.63) is 15.4 Å². The summed E-state index contributed by atoms with van der Waals surface area (Å²) in [6.07, 6.45) is 6.69. The van der Waals surface area contributed by atoms with Crippen molar-refractivity contribution in [3.63, 3.8) is 0 Å². The fourth-order valence-corrected chi connectivity index (χ4v) is 10.5. The molecular weight excluding hydrogens is 411 g/mol. The van der Waals surface area contributed by atoms with Gasteiger partial charge in [-0.2, -0.15) is 0 Å². The van der Waals surface area contributed by atoms with Crippen LogP contribution in [-0.2, 0) is 6.42 Å². The molecule has 0 bridgehead atoms. The molecule has 1 aromatic rings. The molecule has 18 heavy (non-hydrogen) atoms. The fourth-order valence-electron chi connectivity index (χ4n) is 2.17. The van der Waals surface area contributed by atoms with Crippen molar-refractivity contribution >= 4 is 48.5 Å². The zero-order valence-corrected chi connectivity index (χ0v) is 17.7. The van der Waals surface area contributed by atoms with Crippen molar-refractivity contribution in [2.45, 2.75) is 60.8 Å². The van der Waals surface area contributed by atoms with Crippen LogP contribution >= 0.6 is 27.3 Å². The van der Waals surface area contributed by atoms with Crippen LogP contribution < -0.4 is 2.89 Å². The number of halogens is 1. The minimum atomic E-state index is -1.87. The summed E-state index contributed by atoms with van der Waals surface area (Å²) in [6, 6.07) is 2.51. The molecule has 0 saturated carbocycles. The van der Waals surface area contributed by atoms with Crippen LogP contribution in [-0.4, -0.2) is 18.4 Å². The topological polar surface area (TPSA) is 0 Å². The van der Waals surface area contributed by atoms with E-state index in [2.05, 4.69) is 50.7 Å². The molecule has 1 atom stereocenters. The Bertz CT molecular complexity index is 365. The first kappa shape index (κ1) is 17.0. The molecule has 0 aliphatic heterocycles. The Hall–Kier alpha value is 0.979. The maximum absolute atomic E-state index is 3.79. The summed E-state index contributed by atoms with van der Waals surface area (Å²) in [4.78, 5) is 7.52. The number of thiophene rings is 1. The number of hydrogen-bond donors (Lipinski definition) is 0. The van der Waals surface area contributed by atoms with E-state index in [0.29, 0.717) is 0 Å². The predicted octanol–water partition coefficient (Wildman–Crippen LogP) is 5.81. The first-order chi connectivity index (χ1) is 8.38. The van der Waals surface area contributed by atoms with Gasteiger partial charge in [-0.25, -0.2) is 0 Å². The number of unbranched alkanes of at least 4 members (excludes halogenated alkanes) is 1. The Morgan fingerprint density at radius 2 is 1.94 bits per heavy atom. The van der Waals surface area contributed by atoms with Gasteiger partial charge in [0.2, 0.25) is 0 Å². The first-order valence-electron chi connectivity index (χ1n) is 7.17. The quantitative estimate of drug-likeness (QED) is 0.472. The summed E-state index contributed by atoms with van der Waals surface area (Å²) in [6.45, 7) is 4.63. The zero-order chi connectivity index (χ0) is 13.8. The Morgan fingerprint density at radius 3 is 2.39 bits per heavy atom. The molecule has 0 radical (unpaired) electrons. The van der Waals surface area contributed by atoms with Gasteiger partial charge in [-0.3, -0.25) is 0 Å². The van der Waals surface area contributed by atoms with E-state index in [0.717, 1.165) is 5.92 Å². The molecule has 1 aromatic heterocycles. The molecule has 0 aliphatic carbocycles. The summed E-state index contributed by atoms with van der Waals surface area (Å²) in [5.74, 6) is 0.874. The van der Waals surface area contributed by atoms with Crippen molar-refractivity contribution in [2.75, 3.05) is 0 Å². The van der Waals surface area contributed by atoms with Gasteiger partial charge in [-0.1, -0.05) is 0 Å². The Balaban J connectivity index is 2.74. The molecule has 1 rings (SSSR count). The minimum absolute atomic E-state index is 0.874. The second-order valence-electron chi connectivity index (χ2n) is 6.28. The molecule has 0 N–H and O–H groups in total. The Kier molecular flexibility index (Phi) is 7.27. The molecule has 0 aliphatic rings. The van der Waals surface area contributed by atoms with E-state index in [1.165, 1.54) is 35.9 Å². The van der Waals surface area contributed by atoms with E-state index in [9.17, 15) is 0 Å². The van der Waals surface area contributed by atoms with Gasteiger partial charge in [-0.05, 0) is 0 Å². The van der Waals surface area contributed by atoms with Crippen LogP contribution in [0, 0.1) is 5.92 Å². The van der Waals surface area contributed by atoms with E-state index in [1.807, 2.05) is 11.3 Å². The monoisotopic (exact) mass is 438 g/mol. The average Bonchev–Trinajstić information content (AvgIpc) is 2.66. The second kappa shape index (κ2) is 7.68. The van der Waals surface area contributed by atoms with Crippen LogP contribution in [0.5, 0.6) is 0 Å². The number of rotatable bonds is 7. The van der Waals surface area contributed by atoms with E-state index >= 15 is 0 Å². The van der Waals surface area contributed by atoms with Crippen molar-refractivity contribution in [3.8, 4) is 0 Å². The predicted molar refractivity (Wildman–Crippen MR) is 92.0 cm³/mol. The normalized spacial score (nSPS) is 13.9. The van der Waals surface area contributed by atoms with Crippen molar-refractivity contribution in [1.29, 1.82) is 0 Å². The molecule has 1 unspecified atom stereocenters. The van der Waals surface area contributed by atoms with E-state index in [4.69, 9.17) is 0 Å². The summed E-state index contributed by atoms with van der Waals surface area (Å²) in [7, 11) is 0. The van der Waals surface area contributed by atoms with Gasteiger partial charge in [0.25, 0.3) is 0 Å². The van der Waals surface area contributed by atoms with Crippen LogP contribution in [0.1, 0.15) is 45.1 Å². The van der Waals surface area contributed by atoms with Gasteiger partial charge in [0, 0.05) is 0 Å². The van der Waals surface area contributed by atoms with Crippen LogP contribution in [0.2, 0.25) is 14.8 Å². The van der Waals surface area contributed by atoms with Crippen LogP contribution in [0.3, 0.4) is 0 Å².